The molecular weight excluding hydrogens is 342 g/mol. The van der Waals surface area contributed by atoms with Crippen molar-refractivity contribution in [1.29, 1.82) is 0 Å². The van der Waals surface area contributed by atoms with E-state index in [-0.39, 0.29) is 5.91 Å². The maximum absolute atomic E-state index is 12.7. The quantitative estimate of drug-likeness (QED) is 0.712. The van der Waals surface area contributed by atoms with Crippen LogP contribution in [0.2, 0.25) is 0 Å². The van der Waals surface area contributed by atoms with E-state index in [2.05, 4.69) is 20.1 Å². The molecule has 7 heteroatoms. The lowest BCUT2D eigenvalue weighted by Crippen LogP contribution is -2.49. The zero-order chi connectivity index (χ0) is 18.8. The van der Waals surface area contributed by atoms with Gasteiger partial charge in [0.05, 0.1) is 11.3 Å². The number of furan rings is 1. The molecule has 0 atom stereocenters. The Kier molecular flexibility index (Phi) is 4.58. The standard InChI is InChI=1S/C20H21N5O2/c1-14-13-16(15(2)27-14)20(26)25-11-9-24(10-12-25)19-7-6-18(22-23-19)17-5-3-4-8-21-17/h3-8,13H,9-12H2,1-2H3. The van der Waals surface area contributed by atoms with Crippen LogP contribution in [-0.2, 0) is 0 Å². The Balaban J connectivity index is 1.40. The van der Waals surface area contributed by atoms with E-state index in [9.17, 15) is 4.79 Å². The minimum absolute atomic E-state index is 0.0283. The largest absolute Gasteiger partial charge is 0.466 e. The van der Waals surface area contributed by atoms with Gasteiger partial charge in [-0.05, 0) is 44.2 Å². The van der Waals surface area contributed by atoms with Crippen LogP contribution >= 0.6 is 0 Å². The van der Waals surface area contributed by atoms with E-state index in [0.29, 0.717) is 24.4 Å². The number of nitrogens with zero attached hydrogens (tertiary/aromatic N) is 5. The molecule has 0 radical (unpaired) electrons. The summed E-state index contributed by atoms with van der Waals surface area (Å²) >= 11 is 0. The van der Waals surface area contributed by atoms with Gasteiger partial charge in [0.1, 0.15) is 17.2 Å². The summed E-state index contributed by atoms with van der Waals surface area (Å²) < 4.78 is 5.48. The summed E-state index contributed by atoms with van der Waals surface area (Å²) in [6.07, 6.45) is 1.74. The third-order valence-electron chi connectivity index (χ3n) is 4.74. The number of rotatable bonds is 3. The van der Waals surface area contributed by atoms with Gasteiger partial charge in [0.15, 0.2) is 5.82 Å². The molecule has 3 aromatic heterocycles. The molecule has 0 aliphatic carbocycles. The highest BCUT2D eigenvalue weighted by molar-refractivity contribution is 5.95. The number of pyridine rings is 1. The number of carbonyl (C=O) groups is 1. The maximum Gasteiger partial charge on any atom is 0.257 e. The highest BCUT2D eigenvalue weighted by Crippen LogP contribution is 2.20. The van der Waals surface area contributed by atoms with Gasteiger partial charge in [-0.25, -0.2) is 0 Å². The molecular formula is C20H21N5O2. The van der Waals surface area contributed by atoms with Crippen molar-refractivity contribution in [1.82, 2.24) is 20.1 Å². The number of carbonyl (C=O) groups excluding carboxylic acids is 1. The molecule has 7 nitrogen and oxygen atoms in total. The molecule has 1 aliphatic heterocycles. The Morgan fingerprint density at radius 3 is 2.41 bits per heavy atom. The van der Waals surface area contributed by atoms with Crippen LogP contribution in [0.4, 0.5) is 5.82 Å². The number of anilines is 1. The van der Waals surface area contributed by atoms with Crippen molar-refractivity contribution >= 4 is 11.7 Å². The van der Waals surface area contributed by atoms with Gasteiger partial charge < -0.3 is 14.2 Å². The zero-order valence-corrected chi connectivity index (χ0v) is 15.4. The van der Waals surface area contributed by atoms with Crippen molar-refractivity contribution in [3.8, 4) is 11.4 Å². The molecule has 0 bridgehead atoms. The van der Waals surface area contributed by atoms with Gasteiger partial charge in [0.2, 0.25) is 0 Å². The molecule has 0 aromatic carbocycles. The van der Waals surface area contributed by atoms with Gasteiger partial charge in [-0.3, -0.25) is 9.78 Å². The second kappa shape index (κ2) is 7.19. The zero-order valence-electron chi connectivity index (χ0n) is 15.4. The molecule has 4 rings (SSSR count). The monoisotopic (exact) mass is 363 g/mol. The summed E-state index contributed by atoms with van der Waals surface area (Å²) in [5, 5.41) is 8.63. The number of amides is 1. The van der Waals surface area contributed by atoms with Gasteiger partial charge in [-0.1, -0.05) is 6.07 Å². The van der Waals surface area contributed by atoms with Crippen molar-refractivity contribution < 1.29 is 9.21 Å². The second-order valence-electron chi connectivity index (χ2n) is 6.60. The lowest BCUT2D eigenvalue weighted by atomic mass is 10.2. The normalized spacial score (nSPS) is 14.4. The molecule has 0 saturated carbocycles. The number of aromatic nitrogens is 3. The Hall–Kier alpha value is -3.22. The third kappa shape index (κ3) is 3.53. The minimum atomic E-state index is 0.0283. The first-order valence-corrected chi connectivity index (χ1v) is 8.98. The second-order valence-corrected chi connectivity index (χ2v) is 6.60. The first-order chi connectivity index (χ1) is 13.1. The summed E-state index contributed by atoms with van der Waals surface area (Å²) in [5.41, 5.74) is 2.21. The maximum atomic E-state index is 12.7. The van der Waals surface area contributed by atoms with Crippen LogP contribution < -0.4 is 4.90 Å². The Morgan fingerprint density at radius 1 is 1.00 bits per heavy atom. The first-order valence-electron chi connectivity index (χ1n) is 8.98. The van der Waals surface area contributed by atoms with Crippen LogP contribution in [0.3, 0.4) is 0 Å². The molecule has 1 fully saturated rings. The van der Waals surface area contributed by atoms with E-state index in [1.54, 1.807) is 6.20 Å². The van der Waals surface area contributed by atoms with Gasteiger partial charge >= 0.3 is 0 Å². The number of hydrogen-bond acceptors (Lipinski definition) is 6. The number of piperazine rings is 1. The van der Waals surface area contributed by atoms with Crippen LogP contribution in [-0.4, -0.2) is 52.2 Å². The molecule has 3 aromatic rings. The van der Waals surface area contributed by atoms with Crippen LogP contribution in [0.1, 0.15) is 21.9 Å². The Bertz CT molecular complexity index is 929. The fourth-order valence-corrected chi connectivity index (χ4v) is 3.30. The summed E-state index contributed by atoms with van der Waals surface area (Å²) in [7, 11) is 0. The van der Waals surface area contributed by atoms with Gasteiger partial charge in [-0.15, -0.1) is 10.2 Å². The predicted octanol–water partition coefficient (Wildman–Crippen LogP) is 2.71. The van der Waals surface area contributed by atoms with Crippen molar-refractivity contribution in [2.45, 2.75) is 13.8 Å². The van der Waals surface area contributed by atoms with E-state index in [1.807, 2.05) is 55.1 Å². The number of aryl methyl sites for hydroxylation is 2. The van der Waals surface area contributed by atoms with E-state index in [4.69, 9.17) is 4.42 Å². The van der Waals surface area contributed by atoms with E-state index in [0.717, 1.165) is 36.1 Å². The third-order valence-corrected chi connectivity index (χ3v) is 4.74. The fraction of sp³-hybridized carbons (Fsp3) is 0.300. The summed E-state index contributed by atoms with van der Waals surface area (Å²) in [6, 6.07) is 11.4. The summed E-state index contributed by atoms with van der Waals surface area (Å²) in [5.74, 6) is 2.28. The Labute approximate surface area is 157 Å². The van der Waals surface area contributed by atoms with Crippen LogP contribution in [0.25, 0.3) is 11.4 Å². The van der Waals surface area contributed by atoms with Crippen LogP contribution in [0.15, 0.2) is 47.0 Å². The first kappa shape index (κ1) is 17.2. The predicted molar refractivity (Wildman–Crippen MR) is 102 cm³/mol. The molecule has 1 amide bonds. The molecule has 4 heterocycles. The van der Waals surface area contributed by atoms with Crippen molar-refractivity contribution in [3.63, 3.8) is 0 Å². The smallest absolute Gasteiger partial charge is 0.257 e. The van der Waals surface area contributed by atoms with Crippen molar-refractivity contribution in [3.05, 3.63) is 59.7 Å². The van der Waals surface area contributed by atoms with Crippen molar-refractivity contribution in [2.75, 3.05) is 31.1 Å². The Morgan fingerprint density at radius 2 is 1.81 bits per heavy atom. The van der Waals surface area contributed by atoms with E-state index in [1.165, 1.54) is 0 Å². The SMILES string of the molecule is Cc1cc(C(=O)N2CCN(c3ccc(-c4ccccn4)nn3)CC2)c(C)o1. The average molecular weight is 363 g/mol. The molecule has 0 spiro atoms. The molecule has 0 N–H and O–H groups in total. The lowest BCUT2D eigenvalue weighted by Gasteiger charge is -2.35. The van der Waals surface area contributed by atoms with Crippen LogP contribution in [0, 0.1) is 13.8 Å². The van der Waals surface area contributed by atoms with Crippen LogP contribution in [0.5, 0.6) is 0 Å². The molecule has 27 heavy (non-hydrogen) atoms. The molecule has 138 valence electrons. The van der Waals surface area contributed by atoms with Gasteiger partial charge in [0.25, 0.3) is 5.91 Å². The van der Waals surface area contributed by atoms with Gasteiger partial charge in [0, 0.05) is 32.4 Å². The van der Waals surface area contributed by atoms with Crippen molar-refractivity contribution in [2.24, 2.45) is 0 Å². The highest BCUT2D eigenvalue weighted by atomic mass is 16.3. The molecule has 1 aliphatic rings. The average Bonchev–Trinajstić information content (AvgIpc) is 3.06. The fourth-order valence-electron chi connectivity index (χ4n) is 3.30. The summed E-state index contributed by atoms with van der Waals surface area (Å²) in [4.78, 5) is 21.0. The minimum Gasteiger partial charge on any atom is -0.466 e. The molecule has 1 saturated heterocycles. The summed E-state index contributed by atoms with van der Waals surface area (Å²) in [6.45, 7) is 6.42. The molecule has 0 unspecified atom stereocenters. The van der Waals surface area contributed by atoms with Gasteiger partial charge in [-0.2, -0.15) is 0 Å². The topological polar surface area (TPSA) is 75.4 Å². The van der Waals surface area contributed by atoms with E-state index < -0.39 is 0 Å². The highest BCUT2D eigenvalue weighted by Gasteiger charge is 2.25. The lowest BCUT2D eigenvalue weighted by molar-refractivity contribution is 0.0744. The number of hydrogen-bond donors (Lipinski definition) is 0. The van der Waals surface area contributed by atoms with E-state index >= 15 is 0 Å².